The Balaban J connectivity index is 1.52. The van der Waals surface area contributed by atoms with Gasteiger partial charge < -0.3 is 10.1 Å². The van der Waals surface area contributed by atoms with E-state index in [1.807, 2.05) is 24.3 Å². The number of hydrogen-bond donors (Lipinski definition) is 1. The van der Waals surface area contributed by atoms with Crippen LogP contribution in [0.5, 0.6) is 0 Å². The Morgan fingerprint density at radius 2 is 2.08 bits per heavy atom. The van der Waals surface area contributed by atoms with Crippen molar-refractivity contribution in [2.75, 3.05) is 18.9 Å². The number of nitrogens with zero attached hydrogens (tertiary/aromatic N) is 2. The fourth-order valence-electron chi connectivity index (χ4n) is 2.58. The van der Waals surface area contributed by atoms with Crippen LogP contribution in [0.3, 0.4) is 0 Å². The van der Waals surface area contributed by atoms with E-state index in [1.165, 1.54) is 11.8 Å². The summed E-state index contributed by atoms with van der Waals surface area (Å²) in [5.41, 5.74) is 0.932. The Hall–Kier alpha value is -2.15. The fraction of sp³-hybridized carbons (Fsp3) is 0.474. The molecule has 1 aliphatic rings. The van der Waals surface area contributed by atoms with E-state index >= 15 is 0 Å². The quantitative estimate of drug-likeness (QED) is 0.315. The summed E-state index contributed by atoms with van der Waals surface area (Å²) in [6.45, 7) is 2.63. The molecule has 0 bridgehead atoms. The third-order valence-electron chi connectivity index (χ3n) is 4.05. The van der Waals surface area contributed by atoms with Crippen molar-refractivity contribution in [2.45, 2.75) is 43.6 Å². The average Bonchev–Trinajstić information content (AvgIpc) is 3.48. The lowest BCUT2D eigenvalue weighted by atomic mass is 10.2. The van der Waals surface area contributed by atoms with E-state index in [0.29, 0.717) is 37.7 Å². The van der Waals surface area contributed by atoms with Crippen LogP contribution in [-0.2, 0) is 14.3 Å². The van der Waals surface area contributed by atoms with E-state index in [1.54, 1.807) is 6.92 Å². The van der Waals surface area contributed by atoms with Gasteiger partial charge in [-0.15, -0.1) is 0 Å². The molecule has 0 aliphatic heterocycles. The number of ether oxygens (including phenoxy) is 1. The van der Waals surface area contributed by atoms with Crippen molar-refractivity contribution in [3.63, 3.8) is 0 Å². The number of rotatable bonds is 9. The highest BCUT2D eigenvalue weighted by Crippen LogP contribution is 2.39. The number of thioether (sulfide) groups is 1. The molecule has 0 radical (unpaired) electrons. The van der Waals surface area contributed by atoms with Crippen molar-refractivity contribution in [2.24, 2.45) is 0 Å². The molecular weight excluding hydrogens is 350 g/mol. The van der Waals surface area contributed by atoms with Gasteiger partial charge in [-0.05, 0) is 32.3 Å². The van der Waals surface area contributed by atoms with Crippen LogP contribution < -0.4 is 5.32 Å². The lowest BCUT2D eigenvalue weighted by Crippen LogP contribution is -2.26. The van der Waals surface area contributed by atoms with Gasteiger partial charge in [0.15, 0.2) is 0 Å². The predicted molar refractivity (Wildman–Crippen MR) is 101 cm³/mol. The maximum absolute atomic E-state index is 12.1. The molecule has 7 heteroatoms. The van der Waals surface area contributed by atoms with Gasteiger partial charge in [0.1, 0.15) is 10.9 Å². The van der Waals surface area contributed by atoms with Crippen LogP contribution in [0.2, 0.25) is 0 Å². The highest BCUT2D eigenvalue weighted by Gasteiger charge is 2.27. The largest absolute Gasteiger partial charge is 0.466 e. The molecule has 1 fully saturated rings. The molecular formula is C19H23N3O3S. The van der Waals surface area contributed by atoms with Gasteiger partial charge in [-0.1, -0.05) is 30.0 Å². The van der Waals surface area contributed by atoms with Crippen molar-refractivity contribution in [1.82, 2.24) is 15.3 Å². The molecule has 1 N–H and O–H groups in total. The van der Waals surface area contributed by atoms with Crippen LogP contribution in [-0.4, -0.2) is 40.7 Å². The highest BCUT2D eigenvalue weighted by molar-refractivity contribution is 8.00. The molecule has 138 valence electrons. The molecule has 1 amide bonds. The number of esters is 1. The molecule has 0 spiro atoms. The van der Waals surface area contributed by atoms with Gasteiger partial charge in [-0.25, -0.2) is 9.97 Å². The number of nitrogens with one attached hydrogen (secondary N) is 1. The number of benzene rings is 1. The van der Waals surface area contributed by atoms with Crippen LogP contribution in [0.15, 0.2) is 29.3 Å². The monoisotopic (exact) mass is 373 g/mol. The van der Waals surface area contributed by atoms with E-state index in [9.17, 15) is 9.59 Å². The van der Waals surface area contributed by atoms with Gasteiger partial charge >= 0.3 is 5.97 Å². The third kappa shape index (κ3) is 5.17. The maximum atomic E-state index is 12.1. The predicted octanol–water partition coefficient (Wildman–Crippen LogP) is 3.06. The third-order valence-corrected chi connectivity index (χ3v) is 5.04. The number of aromatic nitrogens is 2. The molecule has 1 aromatic heterocycles. The number of hydrogen-bond acceptors (Lipinski definition) is 6. The number of carbonyl (C=O) groups is 2. The molecule has 0 unspecified atom stereocenters. The summed E-state index contributed by atoms with van der Waals surface area (Å²) in [6.07, 6.45) is 3.19. The first-order valence-corrected chi connectivity index (χ1v) is 9.97. The Bertz CT molecular complexity index is 793. The SMILES string of the molecule is CCOC(=O)CCCNC(=O)CSc1nc(C2CC2)nc2ccccc12. The fourth-order valence-corrected chi connectivity index (χ4v) is 3.43. The summed E-state index contributed by atoms with van der Waals surface area (Å²) < 4.78 is 4.86. The van der Waals surface area contributed by atoms with Crippen LogP contribution in [0.4, 0.5) is 0 Å². The van der Waals surface area contributed by atoms with Gasteiger partial charge in [0, 0.05) is 24.3 Å². The number of para-hydroxylation sites is 1. The summed E-state index contributed by atoms with van der Waals surface area (Å²) >= 11 is 1.44. The first-order chi connectivity index (χ1) is 12.7. The van der Waals surface area contributed by atoms with E-state index in [0.717, 1.165) is 34.6 Å². The van der Waals surface area contributed by atoms with E-state index < -0.39 is 0 Å². The zero-order valence-electron chi connectivity index (χ0n) is 14.9. The average molecular weight is 373 g/mol. The topological polar surface area (TPSA) is 81.2 Å². The second-order valence-corrected chi connectivity index (χ2v) is 7.19. The van der Waals surface area contributed by atoms with Crippen LogP contribution in [0.1, 0.15) is 44.3 Å². The van der Waals surface area contributed by atoms with Crippen LogP contribution >= 0.6 is 11.8 Å². The Morgan fingerprint density at radius 1 is 1.27 bits per heavy atom. The molecule has 1 aliphatic carbocycles. The summed E-state index contributed by atoms with van der Waals surface area (Å²) in [5, 5.41) is 4.68. The lowest BCUT2D eigenvalue weighted by molar-refractivity contribution is -0.143. The molecule has 1 heterocycles. The van der Waals surface area contributed by atoms with Gasteiger partial charge in [0.25, 0.3) is 0 Å². The Kier molecular flexibility index (Phi) is 6.44. The lowest BCUT2D eigenvalue weighted by Gasteiger charge is -2.08. The van der Waals surface area contributed by atoms with Gasteiger partial charge in [0.05, 0.1) is 17.9 Å². The minimum absolute atomic E-state index is 0.0606. The van der Waals surface area contributed by atoms with Gasteiger partial charge in [-0.3, -0.25) is 9.59 Å². The number of fused-ring (bicyclic) bond motifs is 1. The zero-order valence-corrected chi connectivity index (χ0v) is 15.7. The van der Waals surface area contributed by atoms with Crippen molar-refractivity contribution in [3.05, 3.63) is 30.1 Å². The first-order valence-electron chi connectivity index (χ1n) is 8.99. The van der Waals surface area contributed by atoms with Gasteiger partial charge in [0.2, 0.25) is 5.91 Å². The minimum atomic E-state index is -0.226. The summed E-state index contributed by atoms with van der Waals surface area (Å²) in [5.74, 6) is 1.37. The summed E-state index contributed by atoms with van der Waals surface area (Å²) in [6, 6.07) is 7.91. The van der Waals surface area contributed by atoms with E-state index in [-0.39, 0.29) is 11.9 Å². The van der Waals surface area contributed by atoms with Crippen molar-refractivity contribution < 1.29 is 14.3 Å². The zero-order chi connectivity index (χ0) is 18.4. The highest BCUT2D eigenvalue weighted by atomic mass is 32.2. The summed E-state index contributed by atoms with van der Waals surface area (Å²) in [4.78, 5) is 32.7. The molecule has 1 saturated carbocycles. The molecule has 0 saturated heterocycles. The second kappa shape index (κ2) is 8.98. The Labute approximate surface area is 157 Å². The van der Waals surface area contributed by atoms with Crippen molar-refractivity contribution >= 4 is 34.5 Å². The van der Waals surface area contributed by atoms with E-state index in [2.05, 4.69) is 15.3 Å². The van der Waals surface area contributed by atoms with Crippen molar-refractivity contribution in [3.8, 4) is 0 Å². The number of amides is 1. The minimum Gasteiger partial charge on any atom is -0.466 e. The van der Waals surface area contributed by atoms with Gasteiger partial charge in [-0.2, -0.15) is 0 Å². The molecule has 6 nitrogen and oxygen atoms in total. The smallest absolute Gasteiger partial charge is 0.305 e. The summed E-state index contributed by atoms with van der Waals surface area (Å²) in [7, 11) is 0. The standard InChI is InChI=1S/C19H23N3O3S/c1-2-25-17(24)8-5-11-20-16(23)12-26-19-14-6-3-4-7-15(14)21-18(22-19)13-9-10-13/h3-4,6-7,13H,2,5,8-12H2,1H3,(H,20,23). The molecule has 1 aromatic carbocycles. The van der Waals surface area contributed by atoms with Crippen LogP contribution in [0.25, 0.3) is 10.9 Å². The van der Waals surface area contributed by atoms with Crippen LogP contribution in [0, 0.1) is 0 Å². The Morgan fingerprint density at radius 3 is 2.85 bits per heavy atom. The molecule has 2 aromatic rings. The normalized spacial score (nSPS) is 13.6. The second-order valence-electron chi connectivity index (χ2n) is 6.23. The number of carbonyl (C=O) groups excluding carboxylic acids is 2. The first kappa shape index (κ1) is 18.6. The maximum Gasteiger partial charge on any atom is 0.305 e. The van der Waals surface area contributed by atoms with Crippen molar-refractivity contribution in [1.29, 1.82) is 0 Å². The van der Waals surface area contributed by atoms with E-state index in [4.69, 9.17) is 4.74 Å². The molecule has 26 heavy (non-hydrogen) atoms. The molecule has 0 atom stereocenters. The molecule has 3 rings (SSSR count).